The van der Waals surface area contributed by atoms with E-state index in [9.17, 15) is 4.79 Å². The Labute approximate surface area is 124 Å². The molecule has 1 saturated heterocycles. The van der Waals surface area contributed by atoms with Crippen molar-refractivity contribution in [2.24, 2.45) is 4.99 Å². The third-order valence-electron chi connectivity index (χ3n) is 3.88. The zero-order chi connectivity index (χ0) is 14.7. The number of carbonyl (C=O) groups excluding carboxylic acids is 1. The van der Waals surface area contributed by atoms with Crippen molar-refractivity contribution in [2.45, 2.75) is 6.42 Å². The van der Waals surface area contributed by atoms with Gasteiger partial charge in [0.05, 0.1) is 0 Å². The summed E-state index contributed by atoms with van der Waals surface area (Å²) in [5.41, 5.74) is 7.03. The molecular formula is C15H21N5O. The first-order valence-electron chi connectivity index (χ1n) is 7.42. The summed E-state index contributed by atoms with van der Waals surface area (Å²) in [5, 5.41) is 3.33. The lowest BCUT2D eigenvalue weighted by atomic mass is 10.1. The average molecular weight is 287 g/mol. The molecule has 1 fully saturated rings. The lowest BCUT2D eigenvalue weighted by molar-refractivity contribution is 0.0689. The highest BCUT2D eigenvalue weighted by Gasteiger charge is 2.24. The standard InChI is InChI=1S/C15H21N5O/c16-13-4-1-3-12(11-13)14(21)19-7-9-20(10-8-19)15-17-5-2-6-18-15/h1,3-4,11H,2,5-10,16H2,(H,17,18). The first-order valence-corrected chi connectivity index (χ1v) is 7.42. The van der Waals surface area contributed by atoms with Crippen LogP contribution in [-0.4, -0.2) is 60.9 Å². The van der Waals surface area contributed by atoms with Gasteiger partial charge in [-0.2, -0.15) is 0 Å². The van der Waals surface area contributed by atoms with Gasteiger partial charge in [0, 0.05) is 50.5 Å². The molecule has 1 aromatic carbocycles. The van der Waals surface area contributed by atoms with Crippen molar-refractivity contribution in [3.63, 3.8) is 0 Å². The van der Waals surface area contributed by atoms with Crippen molar-refractivity contribution in [2.75, 3.05) is 45.0 Å². The fourth-order valence-electron chi connectivity index (χ4n) is 2.71. The minimum Gasteiger partial charge on any atom is -0.399 e. The molecule has 2 heterocycles. The molecule has 2 aliphatic heterocycles. The highest BCUT2D eigenvalue weighted by Crippen LogP contribution is 2.12. The van der Waals surface area contributed by atoms with E-state index in [2.05, 4.69) is 15.2 Å². The highest BCUT2D eigenvalue weighted by molar-refractivity contribution is 5.95. The highest BCUT2D eigenvalue weighted by atomic mass is 16.2. The molecule has 0 bridgehead atoms. The lowest BCUT2D eigenvalue weighted by Crippen LogP contribution is -2.54. The molecule has 6 nitrogen and oxygen atoms in total. The summed E-state index contributed by atoms with van der Waals surface area (Å²) in [4.78, 5) is 21.1. The largest absolute Gasteiger partial charge is 0.399 e. The number of carbonyl (C=O) groups is 1. The van der Waals surface area contributed by atoms with Crippen molar-refractivity contribution < 1.29 is 4.79 Å². The van der Waals surface area contributed by atoms with E-state index in [0.717, 1.165) is 38.6 Å². The van der Waals surface area contributed by atoms with Gasteiger partial charge in [0.2, 0.25) is 0 Å². The van der Waals surface area contributed by atoms with Gasteiger partial charge in [0.15, 0.2) is 5.96 Å². The fraction of sp³-hybridized carbons (Fsp3) is 0.467. The van der Waals surface area contributed by atoms with E-state index in [1.54, 1.807) is 12.1 Å². The molecule has 1 amide bonds. The summed E-state index contributed by atoms with van der Waals surface area (Å²) in [6, 6.07) is 7.17. The Hall–Kier alpha value is -2.24. The van der Waals surface area contributed by atoms with Gasteiger partial charge in [-0.25, -0.2) is 0 Å². The van der Waals surface area contributed by atoms with Crippen molar-refractivity contribution >= 4 is 17.6 Å². The Morgan fingerprint density at radius 2 is 2.05 bits per heavy atom. The van der Waals surface area contributed by atoms with E-state index >= 15 is 0 Å². The van der Waals surface area contributed by atoms with Gasteiger partial charge in [0.25, 0.3) is 5.91 Å². The fourth-order valence-corrected chi connectivity index (χ4v) is 2.71. The van der Waals surface area contributed by atoms with Gasteiger partial charge in [-0.05, 0) is 24.6 Å². The van der Waals surface area contributed by atoms with Crippen LogP contribution in [-0.2, 0) is 0 Å². The number of anilines is 1. The number of amides is 1. The van der Waals surface area contributed by atoms with Crippen molar-refractivity contribution in [3.05, 3.63) is 29.8 Å². The molecule has 2 aliphatic rings. The van der Waals surface area contributed by atoms with Crippen molar-refractivity contribution in [3.8, 4) is 0 Å². The Balaban J connectivity index is 1.60. The number of nitrogens with one attached hydrogen (secondary N) is 1. The average Bonchev–Trinajstić information content (AvgIpc) is 2.55. The van der Waals surface area contributed by atoms with E-state index in [4.69, 9.17) is 5.73 Å². The number of guanidine groups is 1. The Bertz CT molecular complexity index is 549. The second-order valence-electron chi connectivity index (χ2n) is 5.39. The number of benzene rings is 1. The van der Waals surface area contributed by atoms with E-state index in [-0.39, 0.29) is 5.91 Å². The van der Waals surface area contributed by atoms with Gasteiger partial charge >= 0.3 is 0 Å². The van der Waals surface area contributed by atoms with Crippen molar-refractivity contribution in [1.29, 1.82) is 0 Å². The number of hydrogen-bond donors (Lipinski definition) is 2. The number of nitrogens with two attached hydrogens (primary N) is 1. The van der Waals surface area contributed by atoms with Crippen LogP contribution in [0.15, 0.2) is 29.3 Å². The first kappa shape index (κ1) is 13.7. The molecule has 0 aromatic heterocycles. The molecule has 1 aromatic rings. The maximum Gasteiger partial charge on any atom is 0.254 e. The molecule has 21 heavy (non-hydrogen) atoms. The summed E-state index contributed by atoms with van der Waals surface area (Å²) >= 11 is 0. The second-order valence-corrected chi connectivity index (χ2v) is 5.39. The number of rotatable bonds is 1. The topological polar surface area (TPSA) is 74.0 Å². The summed E-state index contributed by atoms with van der Waals surface area (Å²) < 4.78 is 0. The molecule has 0 aliphatic carbocycles. The van der Waals surface area contributed by atoms with Crippen LogP contribution in [0.5, 0.6) is 0 Å². The maximum atomic E-state index is 12.4. The van der Waals surface area contributed by atoms with Gasteiger partial charge in [0.1, 0.15) is 0 Å². The maximum absolute atomic E-state index is 12.4. The monoisotopic (exact) mass is 287 g/mol. The second kappa shape index (κ2) is 6.03. The van der Waals surface area contributed by atoms with Crippen LogP contribution in [0.2, 0.25) is 0 Å². The third-order valence-corrected chi connectivity index (χ3v) is 3.88. The number of aliphatic imine (C=N–C) groups is 1. The van der Waals surface area contributed by atoms with Crippen LogP contribution in [0, 0.1) is 0 Å². The van der Waals surface area contributed by atoms with Crippen LogP contribution < -0.4 is 11.1 Å². The first-order chi connectivity index (χ1) is 10.2. The van der Waals surface area contributed by atoms with Gasteiger partial charge in [-0.15, -0.1) is 0 Å². The number of nitrogen functional groups attached to an aromatic ring is 1. The van der Waals surface area contributed by atoms with Crippen LogP contribution in [0.1, 0.15) is 16.8 Å². The minimum absolute atomic E-state index is 0.0560. The Kier molecular flexibility index (Phi) is 3.94. The number of nitrogens with zero attached hydrogens (tertiary/aromatic N) is 3. The molecule has 0 spiro atoms. The van der Waals surface area contributed by atoms with Crippen LogP contribution >= 0.6 is 0 Å². The summed E-state index contributed by atoms with van der Waals surface area (Å²) in [7, 11) is 0. The molecule has 3 N–H and O–H groups in total. The number of piperazine rings is 1. The predicted molar refractivity (Wildman–Crippen MR) is 83.3 cm³/mol. The summed E-state index contributed by atoms with van der Waals surface area (Å²) in [6.45, 7) is 4.95. The lowest BCUT2D eigenvalue weighted by Gasteiger charge is -2.37. The van der Waals surface area contributed by atoms with E-state index in [1.807, 2.05) is 17.0 Å². The predicted octanol–water partition coefficient (Wildman–Crippen LogP) is 0.376. The zero-order valence-electron chi connectivity index (χ0n) is 12.1. The summed E-state index contributed by atoms with van der Waals surface area (Å²) in [6.07, 6.45) is 1.09. The molecule has 0 unspecified atom stereocenters. The van der Waals surface area contributed by atoms with E-state index < -0.39 is 0 Å². The van der Waals surface area contributed by atoms with Gasteiger partial charge in [-0.1, -0.05) is 6.07 Å². The zero-order valence-corrected chi connectivity index (χ0v) is 12.1. The molecule has 0 saturated carbocycles. The van der Waals surface area contributed by atoms with E-state index in [1.165, 1.54) is 0 Å². The molecule has 6 heteroatoms. The van der Waals surface area contributed by atoms with E-state index in [0.29, 0.717) is 24.3 Å². The number of hydrogen-bond acceptors (Lipinski definition) is 5. The molecule has 0 radical (unpaired) electrons. The Morgan fingerprint density at radius 1 is 1.24 bits per heavy atom. The quantitative estimate of drug-likeness (QED) is 0.732. The minimum atomic E-state index is 0.0560. The smallest absolute Gasteiger partial charge is 0.254 e. The molecule has 0 atom stereocenters. The van der Waals surface area contributed by atoms with Gasteiger partial charge < -0.3 is 20.9 Å². The normalized spacial score (nSPS) is 19.0. The van der Waals surface area contributed by atoms with Gasteiger partial charge in [-0.3, -0.25) is 9.79 Å². The summed E-state index contributed by atoms with van der Waals surface area (Å²) in [5.74, 6) is 1.04. The molecule has 3 rings (SSSR count). The van der Waals surface area contributed by atoms with Crippen LogP contribution in [0.3, 0.4) is 0 Å². The Morgan fingerprint density at radius 3 is 2.71 bits per heavy atom. The molecular weight excluding hydrogens is 266 g/mol. The molecule has 112 valence electrons. The van der Waals surface area contributed by atoms with Crippen LogP contribution in [0.4, 0.5) is 5.69 Å². The van der Waals surface area contributed by atoms with Crippen molar-refractivity contribution in [1.82, 2.24) is 15.1 Å². The van der Waals surface area contributed by atoms with Crippen LogP contribution in [0.25, 0.3) is 0 Å². The SMILES string of the molecule is Nc1cccc(C(=O)N2CCN(C3=NCCCN3)CC2)c1. The third kappa shape index (κ3) is 3.09.